The molecule has 1 aromatic heterocycles. The molecule has 17 heavy (non-hydrogen) atoms. The summed E-state index contributed by atoms with van der Waals surface area (Å²) in [6, 6.07) is 0.172. The van der Waals surface area contributed by atoms with Crippen LogP contribution in [-0.2, 0) is 13.1 Å². The van der Waals surface area contributed by atoms with Crippen LogP contribution in [0.25, 0.3) is 0 Å². The summed E-state index contributed by atoms with van der Waals surface area (Å²) >= 11 is 0. The lowest BCUT2D eigenvalue weighted by molar-refractivity contribution is -0.0450. The number of hydrogen-bond donors (Lipinski definition) is 1. The highest BCUT2D eigenvalue weighted by Gasteiger charge is 2.36. The van der Waals surface area contributed by atoms with Gasteiger partial charge >= 0.3 is 0 Å². The van der Waals surface area contributed by atoms with Gasteiger partial charge in [0, 0.05) is 37.7 Å². The van der Waals surface area contributed by atoms with Crippen LogP contribution in [0.5, 0.6) is 0 Å². The van der Waals surface area contributed by atoms with Gasteiger partial charge in [-0.3, -0.25) is 4.68 Å². The molecule has 0 unspecified atom stereocenters. The Labute approximate surface area is 105 Å². The van der Waals surface area contributed by atoms with Gasteiger partial charge in [-0.2, -0.15) is 5.10 Å². The molecule has 0 spiro atoms. The second-order valence-corrected chi connectivity index (χ2v) is 4.77. The van der Waals surface area contributed by atoms with Gasteiger partial charge in [-0.05, 0) is 12.8 Å². The van der Waals surface area contributed by atoms with Crippen molar-refractivity contribution in [1.29, 1.82) is 0 Å². The van der Waals surface area contributed by atoms with Crippen LogP contribution >= 0.6 is 12.4 Å². The van der Waals surface area contributed by atoms with Crippen molar-refractivity contribution in [2.75, 3.05) is 0 Å². The Morgan fingerprint density at radius 3 is 2.65 bits per heavy atom. The minimum atomic E-state index is -2.45. The van der Waals surface area contributed by atoms with Crippen molar-refractivity contribution in [3.8, 4) is 0 Å². The van der Waals surface area contributed by atoms with Gasteiger partial charge in [0.25, 0.3) is 0 Å². The lowest BCUT2D eigenvalue weighted by atomic mass is 9.92. The van der Waals surface area contributed by atoms with Gasteiger partial charge in [0.05, 0.1) is 11.7 Å². The van der Waals surface area contributed by atoms with E-state index in [1.807, 2.05) is 10.9 Å². The molecule has 1 saturated carbocycles. The van der Waals surface area contributed by atoms with Crippen LogP contribution in [0.4, 0.5) is 8.78 Å². The van der Waals surface area contributed by atoms with Crippen molar-refractivity contribution >= 4 is 12.4 Å². The SMILES string of the molecule is Cl.FC1(F)CCC(n2cc3c(n2)CNC3)CC1. The van der Waals surface area contributed by atoms with Crippen LogP contribution in [0.15, 0.2) is 6.20 Å². The summed E-state index contributed by atoms with van der Waals surface area (Å²) in [5.41, 5.74) is 2.30. The molecule has 3 rings (SSSR count). The minimum absolute atomic E-state index is 0. The summed E-state index contributed by atoms with van der Waals surface area (Å²) in [6.45, 7) is 1.67. The van der Waals surface area contributed by atoms with Crippen LogP contribution in [0, 0.1) is 0 Å². The average Bonchev–Trinajstić information content (AvgIpc) is 2.77. The Bertz CT molecular complexity index is 374. The first-order valence-electron chi connectivity index (χ1n) is 5.79. The largest absolute Gasteiger partial charge is 0.307 e. The molecule has 0 saturated heterocycles. The Morgan fingerprint density at radius 1 is 1.29 bits per heavy atom. The number of nitrogens with zero attached hydrogens (tertiary/aromatic N) is 2. The highest BCUT2D eigenvalue weighted by atomic mass is 35.5. The molecule has 1 N–H and O–H groups in total. The first-order valence-corrected chi connectivity index (χ1v) is 5.79. The molecule has 2 aliphatic rings. The highest BCUT2D eigenvalue weighted by molar-refractivity contribution is 5.85. The van der Waals surface area contributed by atoms with Gasteiger partial charge < -0.3 is 5.32 Å². The smallest absolute Gasteiger partial charge is 0.248 e. The molecule has 0 radical (unpaired) electrons. The van der Waals surface area contributed by atoms with E-state index in [0.717, 1.165) is 18.8 Å². The standard InChI is InChI=1S/C11H15F2N3.ClH/c12-11(13)3-1-9(2-4-11)16-7-8-5-14-6-10(8)15-16;/h7,9,14H,1-6H2;1H. The van der Waals surface area contributed by atoms with Gasteiger partial charge in [-0.15, -0.1) is 12.4 Å². The van der Waals surface area contributed by atoms with Crippen molar-refractivity contribution in [3.05, 3.63) is 17.5 Å². The van der Waals surface area contributed by atoms with Crippen LogP contribution in [0.2, 0.25) is 0 Å². The second-order valence-electron chi connectivity index (χ2n) is 4.77. The monoisotopic (exact) mass is 263 g/mol. The molecule has 2 heterocycles. The molecule has 3 nitrogen and oxygen atoms in total. The average molecular weight is 264 g/mol. The zero-order valence-electron chi connectivity index (χ0n) is 9.46. The normalized spacial score (nSPS) is 23.2. The Morgan fingerprint density at radius 2 is 2.00 bits per heavy atom. The summed E-state index contributed by atoms with van der Waals surface area (Å²) in [6.07, 6.45) is 3.10. The number of aromatic nitrogens is 2. The van der Waals surface area contributed by atoms with E-state index in [1.165, 1.54) is 5.56 Å². The summed E-state index contributed by atoms with van der Waals surface area (Å²) in [5, 5.41) is 7.69. The lowest BCUT2D eigenvalue weighted by Gasteiger charge is -2.28. The maximum absolute atomic E-state index is 13.0. The third kappa shape index (κ3) is 2.45. The molecule has 1 aliphatic carbocycles. The Balaban J connectivity index is 0.00000108. The van der Waals surface area contributed by atoms with Gasteiger partial charge in [0.2, 0.25) is 5.92 Å². The number of hydrogen-bond acceptors (Lipinski definition) is 2. The van der Waals surface area contributed by atoms with Crippen LogP contribution < -0.4 is 5.32 Å². The predicted molar refractivity (Wildman–Crippen MR) is 62.5 cm³/mol. The molecule has 0 amide bonds. The molecule has 96 valence electrons. The third-order valence-electron chi connectivity index (χ3n) is 3.56. The van der Waals surface area contributed by atoms with Crippen molar-refractivity contribution in [2.45, 2.75) is 50.7 Å². The van der Waals surface area contributed by atoms with Crippen molar-refractivity contribution in [3.63, 3.8) is 0 Å². The van der Waals surface area contributed by atoms with E-state index in [9.17, 15) is 8.78 Å². The zero-order valence-corrected chi connectivity index (χ0v) is 10.3. The second kappa shape index (κ2) is 4.53. The van der Waals surface area contributed by atoms with E-state index in [2.05, 4.69) is 10.4 Å². The van der Waals surface area contributed by atoms with E-state index in [0.29, 0.717) is 12.8 Å². The molecular weight excluding hydrogens is 248 g/mol. The quantitative estimate of drug-likeness (QED) is 0.844. The topological polar surface area (TPSA) is 29.9 Å². The van der Waals surface area contributed by atoms with E-state index in [4.69, 9.17) is 0 Å². The van der Waals surface area contributed by atoms with E-state index >= 15 is 0 Å². The molecule has 1 aromatic rings. The fourth-order valence-corrected chi connectivity index (χ4v) is 2.56. The highest BCUT2D eigenvalue weighted by Crippen LogP contribution is 2.38. The molecule has 1 aliphatic heterocycles. The number of alkyl halides is 2. The predicted octanol–water partition coefficient (Wildman–Crippen LogP) is 2.66. The van der Waals surface area contributed by atoms with Gasteiger partial charge in [0.1, 0.15) is 0 Å². The molecule has 0 aromatic carbocycles. The maximum Gasteiger partial charge on any atom is 0.248 e. The first kappa shape index (κ1) is 12.8. The Kier molecular flexibility index (Phi) is 3.41. The lowest BCUT2D eigenvalue weighted by Crippen LogP contribution is -2.26. The van der Waals surface area contributed by atoms with Crippen molar-refractivity contribution < 1.29 is 8.78 Å². The van der Waals surface area contributed by atoms with Crippen molar-refractivity contribution in [1.82, 2.24) is 15.1 Å². The number of nitrogens with one attached hydrogen (secondary N) is 1. The molecule has 0 bridgehead atoms. The minimum Gasteiger partial charge on any atom is -0.307 e. The van der Waals surface area contributed by atoms with E-state index < -0.39 is 5.92 Å². The number of fused-ring (bicyclic) bond motifs is 1. The molecule has 6 heteroatoms. The number of rotatable bonds is 1. The van der Waals surface area contributed by atoms with Crippen LogP contribution in [0.3, 0.4) is 0 Å². The van der Waals surface area contributed by atoms with Gasteiger partial charge in [-0.1, -0.05) is 0 Å². The summed E-state index contributed by atoms with van der Waals surface area (Å²) in [7, 11) is 0. The summed E-state index contributed by atoms with van der Waals surface area (Å²) in [4.78, 5) is 0. The van der Waals surface area contributed by atoms with Gasteiger partial charge in [0.15, 0.2) is 0 Å². The Hall–Kier alpha value is -0.680. The zero-order chi connectivity index (χ0) is 11.2. The van der Waals surface area contributed by atoms with Crippen molar-refractivity contribution in [2.24, 2.45) is 0 Å². The fourth-order valence-electron chi connectivity index (χ4n) is 2.56. The van der Waals surface area contributed by atoms with E-state index in [-0.39, 0.29) is 31.3 Å². The van der Waals surface area contributed by atoms with Gasteiger partial charge in [-0.25, -0.2) is 8.78 Å². The number of halogens is 3. The maximum atomic E-state index is 13.0. The third-order valence-corrected chi connectivity index (χ3v) is 3.56. The molecular formula is C11H16ClF2N3. The molecule has 1 fully saturated rings. The van der Waals surface area contributed by atoms with Crippen LogP contribution in [0.1, 0.15) is 43.0 Å². The first-order chi connectivity index (χ1) is 7.64. The summed E-state index contributed by atoms with van der Waals surface area (Å²) in [5.74, 6) is -2.45. The van der Waals surface area contributed by atoms with E-state index in [1.54, 1.807) is 0 Å². The van der Waals surface area contributed by atoms with Crippen LogP contribution in [-0.4, -0.2) is 15.7 Å². The molecule has 0 atom stereocenters. The fraction of sp³-hybridized carbons (Fsp3) is 0.727. The summed E-state index contributed by atoms with van der Waals surface area (Å²) < 4.78 is 27.9.